The molecule has 0 aliphatic carbocycles. The van der Waals surface area contributed by atoms with Gasteiger partial charge in [-0.25, -0.2) is 4.98 Å². The van der Waals surface area contributed by atoms with Gasteiger partial charge in [0.05, 0.1) is 47.7 Å². The average Bonchev–Trinajstić information content (AvgIpc) is 3.67. The Labute approximate surface area is 253 Å². The number of hydrogen-bond acceptors (Lipinski definition) is 3. The van der Waals surface area contributed by atoms with Crippen LogP contribution in [0.5, 0.6) is 11.5 Å². The highest BCUT2D eigenvalue weighted by atomic mass is 16.5. The molecule has 0 atom stereocenters. The van der Waals surface area contributed by atoms with Crippen molar-refractivity contribution in [2.75, 3.05) is 14.2 Å². The van der Waals surface area contributed by atoms with E-state index in [-0.39, 0.29) is 0 Å². The maximum absolute atomic E-state index is 6.01. The molecule has 1 aliphatic heterocycles. The smallest absolute Gasteiger partial charge is 0.130 e. The second-order valence-electron chi connectivity index (χ2n) is 11.7. The molecule has 3 N–H and O–H groups in total. The summed E-state index contributed by atoms with van der Waals surface area (Å²) < 4.78 is 12.0. The molecule has 4 aromatic heterocycles. The fraction of sp³-hybridized carbons (Fsp3) is 0.324. The fourth-order valence-corrected chi connectivity index (χ4v) is 6.80. The van der Waals surface area contributed by atoms with E-state index in [9.17, 15) is 0 Å². The van der Waals surface area contributed by atoms with E-state index in [0.717, 1.165) is 80.0 Å². The lowest BCUT2D eigenvalue weighted by Gasteiger charge is -2.15. The van der Waals surface area contributed by atoms with Crippen molar-refractivity contribution in [1.82, 2.24) is 19.9 Å². The summed E-state index contributed by atoms with van der Waals surface area (Å²) in [5.74, 6) is 1.53. The van der Waals surface area contributed by atoms with Gasteiger partial charge in [0.1, 0.15) is 11.5 Å². The van der Waals surface area contributed by atoms with Crippen molar-refractivity contribution in [3.63, 3.8) is 0 Å². The van der Waals surface area contributed by atoms with E-state index in [4.69, 9.17) is 14.5 Å². The Kier molecular flexibility index (Phi) is 7.11. The van der Waals surface area contributed by atoms with Gasteiger partial charge in [-0.1, -0.05) is 19.9 Å². The van der Waals surface area contributed by atoms with Crippen molar-refractivity contribution in [1.29, 1.82) is 0 Å². The SMILES string of the molecule is CCc1c(C)c2cc3nc(c4[nH]c(cc5[nH]c(c(CC)c5C)c(-c5c(OC)cccc5OC)c1[nH]2)c(C)c4C)C(C)=C3C. The number of nitrogens with one attached hydrogen (secondary N) is 3. The van der Waals surface area contributed by atoms with E-state index in [1.807, 2.05) is 18.2 Å². The Morgan fingerprint density at radius 3 is 1.65 bits per heavy atom. The van der Waals surface area contributed by atoms with Crippen LogP contribution in [0.2, 0.25) is 0 Å². The van der Waals surface area contributed by atoms with Crippen LogP contribution in [-0.4, -0.2) is 34.2 Å². The van der Waals surface area contributed by atoms with Gasteiger partial charge in [-0.05, 0) is 123 Å². The number of aromatic amines is 3. The van der Waals surface area contributed by atoms with Crippen LogP contribution in [0.25, 0.3) is 55.4 Å². The highest BCUT2D eigenvalue weighted by molar-refractivity contribution is 6.03. The molecule has 222 valence electrons. The first-order valence-corrected chi connectivity index (χ1v) is 15.2. The molecule has 43 heavy (non-hydrogen) atoms. The summed E-state index contributed by atoms with van der Waals surface area (Å²) in [6, 6.07) is 10.5. The number of methoxy groups -OCH3 is 2. The first-order valence-electron chi connectivity index (χ1n) is 15.2. The van der Waals surface area contributed by atoms with Crippen molar-refractivity contribution < 1.29 is 9.47 Å². The Morgan fingerprint density at radius 1 is 0.605 bits per heavy atom. The lowest BCUT2D eigenvalue weighted by Crippen LogP contribution is -1.96. The number of allylic oxidation sites excluding steroid dienone is 2. The number of hydrogen-bond donors (Lipinski definition) is 3. The summed E-state index contributed by atoms with van der Waals surface area (Å²) in [7, 11) is 3.45. The van der Waals surface area contributed by atoms with Gasteiger partial charge in [0.25, 0.3) is 0 Å². The zero-order chi connectivity index (χ0) is 30.7. The average molecular weight is 575 g/mol. The highest BCUT2D eigenvalue weighted by Crippen LogP contribution is 2.45. The first-order chi connectivity index (χ1) is 20.6. The zero-order valence-electron chi connectivity index (χ0n) is 27.1. The quantitative estimate of drug-likeness (QED) is 0.196. The standard InChI is InChI=1S/C37H42N4O2/c1-11-24-22(7)28-16-26-18(3)20(5)34(38-26)35-21(6)19(4)27(39-35)17-29-23(8)25(12-2)37(41-29)33(36(24)40-28)32-30(42-9)14-13-15-31(32)43-10/h13-17,38,40-41H,11-12H2,1-10H3. The maximum Gasteiger partial charge on any atom is 0.130 e. The van der Waals surface area contributed by atoms with Crippen LogP contribution < -0.4 is 9.47 Å². The number of benzene rings is 1. The molecule has 6 heteroatoms. The van der Waals surface area contributed by atoms with Gasteiger partial charge < -0.3 is 24.4 Å². The number of nitrogens with zero attached hydrogens (tertiary/aromatic N) is 1. The largest absolute Gasteiger partial charge is 0.496 e. The molecule has 1 aliphatic rings. The molecular weight excluding hydrogens is 532 g/mol. The van der Waals surface area contributed by atoms with E-state index in [1.165, 1.54) is 44.5 Å². The minimum absolute atomic E-state index is 0.765. The van der Waals surface area contributed by atoms with Crippen molar-refractivity contribution in [2.24, 2.45) is 0 Å². The highest BCUT2D eigenvalue weighted by Gasteiger charge is 2.23. The van der Waals surface area contributed by atoms with Gasteiger partial charge in [-0.15, -0.1) is 0 Å². The predicted molar refractivity (Wildman–Crippen MR) is 181 cm³/mol. The van der Waals surface area contributed by atoms with Crippen molar-refractivity contribution in [3.8, 4) is 22.6 Å². The Bertz CT molecular complexity index is 2060. The van der Waals surface area contributed by atoms with E-state index < -0.39 is 0 Å². The number of rotatable bonds is 5. The van der Waals surface area contributed by atoms with Crippen LogP contribution in [-0.2, 0) is 12.8 Å². The van der Waals surface area contributed by atoms with Crippen LogP contribution in [0.15, 0.2) is 30.3 Å². The third-order valence-electron chi connectivity index (χ3n) is 9.66. The molecule has 0 saturated carbocycles. The van der Waals surface area contributed by atoms with E-state index in [0.29, 0.717) is 0 Å². The Hall–Kier alpha value is -4.45. The lowest BCUT2D eigenvalue weighted by atomic mass is 9.96. The van der Waals surface area contributed by atoms with Crippen LogP contribution in [0.3, 0.4) is 0 Å². The molecule has 5 aromatic rings. The number of ether oxygens (including phenoxy) is 2. The second-order valence-corrected chi connectivity index (χ2v) is 11.7. The summed E-state index contributed by atoms with van der Waals surface area (Å²) >= 11 is 0. The molecule has 6 nitrogen and oxygen atoms in total. The summed E-state index contributed by atoms with van der Waals surface area (Å²) in [4.78, 5) is 16.7. The number of aryl methyl sites for hydroxylation is 6. The summed E-state index contributed by atoms with van der Waals surface area (Å²) in [6.07, 6.45) is 1.74. The maximum atomic E-state index is 6.01. The molecule has 0 amide bonds. The minimum Gasteiger partial charge on any atom is -0.496 e. The van der Waals surface area contributed by atoms with Gasteiger partial charge in [-0.2, -0.15) is 0 Å². The summed E-state index contributed by atoms with van der Waals surface area (Å²) in [6.45, 7) is 17.6. The predicted octanol–water partition coefficient (Wildman–Crippen LogP) is 9.52. The van der Waals surface area contributed by atoms with E-state index in [2.05, 4.69) is 82.5 Å². The third-order valence-corrected chi connectivity index (χ3v) is 9.66. The molecule has 0 unspecified atom stereocenters. The number of fused-ring (bicyclic) bond motifs is 9. The van der Waals surface area contributed by atoms with Crippen molar-refractivity contribution in [3.05, 3.63) is 75.1 Å². The molecule has 1 aromatic carbocycles. The van der Waals surface area contributed by atoms with Gasteiger partial charge >= 0.3 is 0 Å². The lowest BCUT2D eigenvalue weighted by molar-refractivity contribution is 0.397. The van der Waals surface area contributed by atoms with Crippen molar-refractivity contribution in [2.45, 2.75) is 68.2 Å². The van der Waals surface area contributed by atoms with Crippen molar-refractivity contribution >= 4 is 44.2 Å². The molecule has 8 bridgehead atoms. The Balaban J connectivity index is 1.97. The monoisotopic (exact) mass is 574 g/mol. The van der Waals surface area contributed by atoms with E-state index in [1.54, 1.807) is 14.2 Å². The van der Waals surface area contributed by atoms with Gasteiger partial charge in [0.15, 0.2) is 0 Å². The van der Waals surface area contributed by atoms with Crippen LogP contribution >= 0.6 is 0 Å². The topological polar surface area (TPSA) is 78.7 Å². The van der Waals surface area contributed by atoms with E-state index >= 15 is 0 Å². The summed E-state index contributed by atoms with van der Waals surface area (Å²) in [5.41, 5.74) is 20.3. The zero-order valence-corrected chi connectivity index (χ0v) is 27.1. The molecule has 0 fully saturated rings. The first kappa shape index (κ1) is 28.7. The normalized spacial score (nSPS) is 12.5. The number of aromatic nitrogens is 4. The minimum atomic E-state index is 0.765. The molecule has 0 radical (unpaired) electrons. The molecule has 0 spiro atoms. The third kappa shape index (κ3) is 4.26. The summed E-state index contributed by atoms with van der Waals surface area (Å²) in [5, 5.41) is 0. The molecular formula is C37H42N4O2. The molecule has 0 saturated heterocycles. The van der Waals surface area contributed by atoms with Crippen LogP contribution in [0.4, 0.5) is 0 Å². The van der Waals surface area contributed by atoms with Crippen LogP contribution in [0.1, 0.15) is 72.5 Å². The molecule has 5 heterocycles. The van der Waals surface area contributed by atoms with Gasteiger partial charge in [0, 0.05) is 22.1 Å². The number of H-pyrrole nitrogens is 3. The van der Waals surface area contributed by atoms with Gasteiger partial charge in [-0.3, -0.25) is 0 Å². The fourth-order valence-electron chi connectivity index (χ4n) is 6.80. The van der Waals surface area contributed by atoms with Crippen LogP contribution in [0, 0.1) is 27.7 Å². The molecule has 6 rings (SSSR count). The second kappa shape index (κ2) is 10.7. The Morgan fingerprint density at radius 2 is 1.12 bits per heavy atom. The van der Waals surface area contributed by atoms with Gasteiger partial charge in [0.2, 0.25) is 0 Å².